The number of benzene rings is 2. The van der Waals surface area contributed by atoms with Gasteiger partial charge in [0.05, 0.1) is 17.7 Å². The van der Waals surface area contributed by atoms with Crippen LogP contribution in [0.15, 0.2) is 67.0 Å². The van der Waals surface area contributed by atoms with Gasteiger partial charge in [-0.05, 0) is 43.0 Å². The molecule has 1 aliphatic heterocycles. The molecule has 0 saturated carbocycles. The predicted octanol–water partition coefficient (Wildman–Crippen LogP) is 3.93. The molecule has 6 heteroatoms. The Kier molecular flexibility index (Phi) is 6.73. The van der Waals surface area contributed by atoms with E-state index in [0.717, 1.165) is 16.7 Å². The first-order valence-electron chi connectivity index (χ1n) is 11.3. The van der Waals surface area contributed by atoms with Gasteiger partial charge in [0.15, 0.2) is 0 Å². The summed E-state index contributed by atoms with van der Waals surface area (Å²) in [7, 11) is 0. The number of amides is 2. The summed E-state index contributed by atoms with van der Waals surface area (Å²) in [4.78, 5) is 34.0. The van der Waals surface area contributed by atoms with Crippen molar-refractivity contribution in [2.75, 3.05) is 26.2 Å². The van der Waals surface area contributed by atoms with Crippen LogP contribution in [0.1, 0.15) is 28.4 Å². The number of nitrogens with zero attached hydrogens (tertiary/aromatic N) is 3. The van der Waals surface area contributed by atoms with Crippen molar-refractivity contribution in [1.82, 2.24) is 14.8 Å². The lowest BCUT2D eigenvalue weighted by Crippen LogP contribution is -2.38. The SMILES string of the molecule is CCN1CCN(C(=O)c2cncc(O)c2)C[C@@H](Cc2ccccc2-c2ccc(C)cc2)C1=O. The maximum atomic E-state index is 13.4. The zero-order valence-electron chi connectivity index (χ0n) is 19.1. The first-order valence-corrected chi connectivity index (χ1v) is 11.3. The molecule has 33 heavy (non-hydrogen) atoms. The molecular weight excluding hydrogens is 414 g/mol. The monoisotopic (exact) mass is 443 g/mol. The van der Waals surface area contributed by atoms with Crippen LogP contribution in [-0.4, -0.2) is 57.9 Å². The molecule has 3 aromatic rings. The number of carbonyl (C=O) groups excluding carboxylic acids is 2. The number of likely N-dealkylation sites (N-methyl/N-ethyl adjacent to an activating group) is 1. The van der Waals surface area contributed by atoms with E-state index in [0.29, 0.717) is 38.2 Å². The molecule has 2 aromatic carbocycles. The number of aryl methyl sites for hydroxylation is 1. The Morgan fingerprint density at radius 3 is 2.58 bits per heavy atom. The fourth-order valence-corrected chi connectivity index (χ4v) is 4.40. The lowest BCUT2D eigenvalue weighted by molar-refractivity contribution is -0.134. The number of carbonyl (C=O) groups is 2. The largest absolute Gasteiger partial charge is 0.506 e. The Balaban J connectivity index is 1.63. The number of hydrogen-bond donors (Lipinski definition) is 1. The van der Waals surface area contributed by atoms with Gasteiger partial charge in [0, 0.05) is 32.4 Å². The molecule has 2 heterocycles. The van der Waals surface area contributed by atoms with E-state index in [1.54, 1.807) is 4.90 Å². The lowest BCUT2D eigenvalue weighted by atomic mass is 9.91. The quantitative estimate of drug-likeness (QED) is 0.649. The molecule has 1 aliphatic rings. The minimum absolute atomic E-state index is 0.0505. The van der Waals surface area contributed by atoms with Crippen LogP contribution < -0.4 is 0 Å². The van der Waals surface area contributed by atoms with Crippen LogP contribution in [0, 0.1) is 12.8 Å². The first kappa shape index (κ1) is 22.5. The minimum Gasteiger partial charge on any atom is -0.506 e. The summed E-state index contributed by atoms with van der Waals surface area (Å²) in [5.74, 6) is -0.555. The molecule has 170 valence electrons. The molecule has 1 saturated heterocycles. The van der Waals surface area contributed by atoms with Gasteiger partial charge in [-0.2, -0.15) is 0 Å². The van der Waals surface area contributed by atoms with Gasteiger partial charge >= 0.3 is 0 Å². The average molecular weight is 444 g/mol. The van der Waals surface area contributed by atoms with E-state index in [4.69, 9.17) is 0 Å². The Labute approximate surface area is 194 Å². The summed E-state index contributed by atoms with van der Waals surface area (Å²) in [5.41, 5.74) is 4.83. The highest BCUT2D eigenvalue weighted by Gasteiger charge is 2.32. The summed E-state index contributed by atoms with van der Waals surface area (Å²) < 4.78 is 0. The van der Waals surface area contributed by atoms with Crippen molar-refractivity contribution in [2.45, 2.75) is 20.3 Å². The maximum Gasteiger partial charge on any atom is 0.255 e. The van der Waals surface area contributed by atoms with E-state index in [2.05, 4.69) is 48.3 Å². The van der Waals surface area contributed by atoms with Crippen LogP contribution in [0.2, 0.25) is 0 Å². The van der Waals surface area contributed by atoms with Crippen molar-refractivity contribution in [3.8, 4) is 16.9 Å². The van der Waals surface area contributed by atoms with E-state index < -0.39 is 0 Å². The fourth-order valence-electron chi connectivity index (χ4n) is 4.40. The zero-order valence-corrected chi connectivity index (χ0v) is 19.1. The second kappa shape index (κ2) is 9.86. The molecule has 2 amide bonds. The van der Waals surface area contributed by atoms with Crippen LogP contribution >= 0.6 is 0 Å². The van der Waals surface area contributed by atoms with Gasteiger partial charge in [-0.1, -0.05) is 54.1 Å². The summed E-state index contributed by atoms with van der Waals surface area (Å²) in [6, 6.07) is 18.0. The Morgan fingerprint density at radius 2 is 1.85 bits per heavy atom. The predicted molar refractivity (Wildman–Crippen MR) is 128 cm³/mol. The molecule has 0 spiro atoms. The molecule has 0 unspecified atom stereocenters. The molecule has 1 atom stereocenters. The number of hydrogen-bond acceptors (Lipinski definition) is 4. The van der Waals surface area contributed by atoms with Crippen LogP contribution in [0.5, 0.6) is 5.75 Å². The minimum atomic E-state index is -0.353. The normalized spacial score (nSPS) is 16.5. The highest BCUT2D eigenvalue weighted by atomic mass is 16.3. The molecule has 4 rings (SSSR count). The zero-order chi connectivity index (χ0) is 23.4. The number of pyridine rings is 1. The summed E-state index contributed by atoms with van der Waals surface area (Å²) in [6.45, 7) is 5.89. The number of aromatic nitrogens is 1. The topological polar surface area (TPSA) is 73.7 Å². The Bertz CT molecular complexity index is 1140. The number of aromatic hydroxyl groups is 1. The Hall–Kier alpha value is -3.67. The second-order valence-corrected chi connectivity index (χ2v) is 8.53. The van der Waals surface area contributed by atoms with Crippen LogP contribution in [0.25, 0.3) is 11.1 Å². The van der Waals surface area contributed by atoms with E-state index in [9.17, 15) is 14.7 Å². The Morgan fingerprint density at radius 1 is 1.09 bits per heavy atom. The highest BCUT2D eigenvalue weighted by Crippen LogP contribution is 2.28. The van der Waals surface area contributed by atoms with E-state index in [1.807, 2.05) is 24.0 Å². The molecule has 1 aromatic heterocycles. The van der Waals surface area contributed by atoms with Crippen LogP contribution in [-0.2, 0) is 11.2 Å². The average Bonchev–Trinajstić information content (AvgIpc) is 2.98. The van der Waals surface area contributed by atoms with Crippen molar-refractivity contribution >= 4 is 11.8 Å². The molecule has 6 nitrogen and oxygen atoms in total. The van der Waals surface area contributed by atoms with Crippen molar-refractivity contribution in [1.29, 1.82) is 0 Å². The third-order valence-electron chi connectivity index (χ3n) is 6.23. The summed E-state index contributed by atoms with van der Waals surface area (Å²) in [5, 5.41) is 9.75. The smallest absolute Gasteiger partial charge is 0.255 e. The number of rotatable bonds is 5. The second-order valence-electron chi connectivity index (χ2n) is 8.53. The summed E-state index contributed by atoms with van der Waals surface area (Å²) in [6.07, 6.45) is 3.29. The van der Waals surface area contributed by atoms with Gasteiger partial charge in [-0.15, -0.1) is 0 Å². The maximum absolute atomic E-state index is 13.4. The van der Waals surface area contributed by atoms with Crippen molar-refractivity contribution < 1.29 is 14.7 Å². The third-order valence-corrected chi connectivity index (χ3v) is 6.23. The van der Waals surface area contributed by atoms with Gasteiger partial charge in [0.25, 0.3) is 5.91 Å². The molecule has 0 bridgehead atoms. The van der Waals surface area contributed by atoms with E-state index in [-0.39, 0.29) is 23.5 Å². The summed E-state index contributed by atoms with van der Waals surface area (Å²) >= 11 is 0. The van der Waals surface area contributed by atoms with E-state index >= 15 is 0 Å². The fraction of sp³-hybridized carbons (Fsp3) is 0.296. The molecule has 0 radical (unpaired) electrons. The van der Waals surface area contributed by atoms with Crippen LogP contribution in [0.3, 0.4) is 0 Å². The first-order chi connectivity index (χ1) is 16.0. The van der Waals surface area contributed by atoms with Crippen molar-refractivity contribution in [3.63, 3.8) is 0 Å². The standard InChI is InChI=1S/C27H29N3O3/c1-3-29-12-13-30(26(32)22-15-24(31)17-28-16-22)18-23(27(29)33)14-21-6-4-5-7-25(21)20-10-8-19(2)9-11-20/h4-11,15-17,23,31H,3,12-14,18H2,1-2H3/t23-/m1/s1. The van der Waals surface area contributed by atoms with E-state index in [1.165, 1.54) is 24.0 Å². The van der Waals surface area contributed by atoms with Gasteiger partial charge in [0.1, 0.15) is 5.75 Å². The van der Waals surface area contributed by atoms with Gasteiger partial charge in [-0.3, -0.25) is 14.6 Å². The van der Waals surface area contributed by atoms with Crippen LogP contribution in [0.4, 0.5) is 0 Å². The molecule has 0 aliphatic carbocycles. The third kappa shape index (κ3) is 5.06. The van der Waals surface area contributed by atoms with Crippen molar-refractivity contribution in [2.24, 2.45) is 5.92 Å². The highest BCUT2D eigenvalue weighted by molar-refractivity contribution is 5.95. The van der Waals surface area contributed by atoms with Crippen molar-refractivity contribution in [3.05, 3.63) is 83.7 Å². The molecule has 1 N–H and O–H groups in total. The van der Waals surface area contributed by atoms with Gasteiger partial charge in [0.2, 0.25) is 5.91 Å². The lowest BCUT2D eigenvalue weighted by Gasteiger charge is -2.24. The van der Waals surface area contributed by atoms with Gasteiger partial charge in [-0.25, -0.2) is 0 Å². The molecule has 1 fully saturated rings. The van der Waals surface area contributed by atoms with Gasteiger partial charge < -0.3 is 14.9 Å². The molecular formula is C27H29N3O3.